The molecule has 0 bridgehead atoms. The van der Waals surface area contributed by atoms with E-state index in [1.54, 1.807) is 6.07 Å². The molecule has 0 spiro atoms. The molecule has 3 aromatic rings. The van der Waals surface area contributed by atoms with Gasteiger partial charge in [-0.05, 0) is 63.1 Å². The van der Waals surface area contributed by atoms with Crippen molar-refractivity contribution in [1.29, 1.82) is 0 Å². The molecule has 0 saturated carbocycles. The fourth-order valence-corrected chi connectivity index (χ4v) is 3.09. The molecule has 28 heavy (non-hydrogen) atoms. The van der Waals surface area contributed by atoms with Crippen molar-refractivity contribution in [3.8, 4) is 0 Å². The van der Waals surface area contributed by atoms with Crippen LogP contribution in [0.4, 0.5) is 11.4 Å². The van der Waals surface area contributed by atoms with Gasteiger partial charge in [-0.1, -0.05) is 35.4 Å². The second-order valence-electron chi connectivity index (χ2n) is 6.98. The highest BCUT2D eigenvalue weighted by Crippen LogP contribution is 2.22. The van der Waals surface area contributed by atoms with E-state index in [0.29, 0.717) is 11.3 Å². The lowest BCUT2D eigenvalue weighted by molar-refractivity contribution is 0.102. The Morgan fingerprint density at radius 1 is 0.750 bits per heavy atom. The predicted molar refractivity (Wildman–Crippen MR) is 112 cm³/mol. The van der Waals surface area contributed by atoms with E-state index in [9.17, 15) is 9.59 Å². The first-order chi connectivity index (χ1) is 13.3. The molecular weight excluding hydrogens is 350 g/mol. The van der Waals surface area contributed by atoms with Crippen LogP contribution in [-0.2, 0) is 0 Å². The van der Waals surface area contributed by atoms with E-state index in [1.807, 2.05) is 64.1 Å². The number of benzene rings is 2. The Hall–Kier alpha value is -3.47. The number of amides is 2. The molecule has 0 fully saturated rings. The molecule has 0 radical (unpaired) electrons. The molecule has 0 aliphatic carbocycles. The van der Waals surface area contributed by atoms with E-state index in [0.717, 1.165) is 27.9 Å². The highest BCUT2D eigenvalue weighted by atomic mass is 16.2. The van der Waals surface area contributed by atoms with Gasteiger partial charge in [-0.25, -0.2) is 0 Å². The number of hydrogen-bond donors (Lipinski definition) is 2. The van der Waals surface area contributed by atoms with Crippen LogP contribution < -0.4 is 10.6 Å². The highest BCUT2D eigenvalue weighted by molar-refractivity contribution is 6.08. The van der Waals surface area contributed by atoms with Crippen LogP contribution in [0.5, 0.6) is 0 Å². The lowest BCUT2D eigenvalue weighted by Crippen LogP contribution is -2.18. The quantitative estimate of drug-likeness (QED) is 0.689. The van der Waals surface area contributed by atoms with Crippen molar-refractivity contribution in [2.24, 2.45) is 0 Å². The van der Waals surface area contributed by atoms with Crippen molar-refractivity contribution in [3.63, 3.8) is 0 Å². The molecule has 0 aliphatic rings. The Balaban J connectivity index is 1.78. The summed E-state index contributed by atoms with van der Waals surface area (Å²) in [4.78, 5) is 29.3. The fourth-order valence-electron chi connectivity index (χ4n) is 3.09. The van der Waals surface area contributed by atoms with Gasteiger partial charge in [0.15, 0.2) is 0 Å². The van der Waals surface area contributed by atoms with Crippen LogP contribution in [0.2, 0.25) is 0 Å². The number of aryl methyl sites for hydroxylation is 4. The zero-order valence-corrected chi connectivity index (χ0v) is 16.5. The highest BCUT2D eigenvalue weighted by Gasteiger charge is 2.14. The number of carbonyl (C=O) groups is 2. The van der Waals surface area contributed by atoms with Gasteiger partial charge >= 0.3 is 0 Å². The third kappa shape index (κ3) is 4.43. The van der Waals surface area contributed by atoms with Gasteiger partial charge in [0.05, 0.1) is 0 Å². The Morgan fingerprint density at radius 2 is 1.39 bits per heavy atom. The van der Waals surface area contributed by atoms with E-state index >= 15 is 0 Å². The number of nitrogens with one attached hydrogen (secondary N) is 2. The molecule has 5 heteroatoms. The zero-order valence-electron chi connectivity index (χ0n) is 16.5. The normalized spacial score (nSPS) is 10.4. The van der Waals surface area contributed by atoms with E-state index in [4.69, 9.17) is 0 Å². The summed E-state index contributed by atoms with van der Waals surface area (Å²) in [6.07, 6.45) is 1.47. The van der Waals surface area contributed by atoms with Gasteiger partial charge in [-0.15, -0.1) is 0 Å². The lowest BCUT2D eigenvalue weighted by atomic mass is 10.0. The third-order valence-corrected chi connectivity index (χ3v) is 4.48. The standard InChI is InChI=1S/C23H23N3O2/c1-14-5-7-19(8-6-14)25-22(27)18-9-10-24-20(13-18)23(28)26-21-16(3)11-15(2)12-17(21)4/h5-13H,1-4H3,(H,25,27)(H,26,28). The van der Waals surface area contributed by atoms with Gasteiger partial charge in [0.25, 0.3) is 11.8 Å². The third-order valence-electron chi connectivity index (χ3n) is 4.48. The van der Waals surface area contributed by atoms with E-state index in [1.165, 1.54) is 12.3 Å². The van der Waals surface area contributed by atoms with Crippen molar-refractivity contribution in [2.45, 2.75) is 27.7 Å². The number of nitrogens with zero attached hydrogens (tertiary/aromatic N) is 1. The minimum atomic E-state index is -0.347. The van der Waals surface area contributed by atoms with Crippen molar-refractivity contribution < 1.29 is 9.59 Å². The summed E-state index contributed by atoms with van der Waals surface area (Å²) in [6.45, 7) is 7.91. The van der Waals surface area contributed by atoms with Gasteiger partial charge in [0.1, 0.15) is 5.69 Å². The number of aromatic nitrogens is 1. The van der Waals surface area contributed by atoms with Crippen molar-refractivity contribution in [1.82, 2.24) is 4.98 Å². The number of hydrogen-bond acceptors (Lipinski definition) is 3. The van der Waals surface area contributed by atoms with Crippen LogP contribution in [-0.4, -0.2) is 16.8 Å². The Kier molecular flexibility index (Phi) is 5.54. The van der Waals surface area contributed by atoms with Crippen LogP contribution in [0.15, 0.2) is 54.7 Å². The van der Waals surface area contributed by atoms with Crippen LogP contribution >= 0.6 is 0 Å². The number of pyridine rings is 1. The van der Waals surface area contributed by atoms with Crippen LogP contribution in [0.1, 0.15) is 43.1 Å². The summed E-state index contributed by atoms with van der Waals surface area (Å²) in [5, 5.41) is 5.74. The second-order valence-corrected chi connectivity index (χ2v) is 6.98. The zero-order chi connectivity index (χ0) is 20.3. The topological polar surface area (TPSA) is 71.1 Å². The van der Waals surface area contributed by atoms with E-state index < -0.39 is 0 Å². The van der Waals surface area contributed by atoms with Crippen LogP contribution in [0.25, 0.3) is 0 Å². The van der Waals surface area contributed by atoms with E-state index in [-0.39, 0.29) is 17.5 Å². The fraction of sp³-hybridized carbons (Fsp3) is 0.174. The molecule has 2 aromatic carbocycles. The van der Waals surface area contributed by atoms with Gasteiger partial charge in [-0.3, -0.25) is 14.6 Å². The molecule has 3 rings (SSSR count). The summed E-state index contributed by atoms with van der Waals surface area (Å²) in [5.41, 5.74) is 6.26. The summed E-state index contributed by atoms with van der Waals surface area (Å²) in [5.74, 6) is -0.636. The van der Waals surface area contributed by atoms with Gasteiger partial charge in [0.2, 0.25) is 0 Å². The molecule has 142 valence electrons. The van der Waals surface area contributed by atoms with Crippen molar-refractivity contribution >= 4 is 23.2 Å². The molecule has 0 unspecified atom stereocenters. The largest absolute Gasteiger partial charge is 0.322 e. The molecule has 0 aliphatic heterocycles. The molecule has 2 amide bonds. The Morgan fingerprint density at radius 3 is 2.04 bits per heavy atom. The lowest BCUT2D eigenvalue weighted by Gasteiger charge is -2.13. The maximum atomic E-state index is 12.7. The molecule has 5 nitrogen and oxygen atoms in total. The maximum Gasteiger partial charge on any atom is 0.274 e. The number of anilines is 2. The summed E-state index contributed by atoms with van der Waals surface area (Å²) >= 11 is 0. The van der Waals surface area contributed by atoms with Gasteiger partial charge in [-0.2, -0.15) is 0 Å². The molecule has 2 N–H and O–H groups in total. The molecule has 0 saturated heterocycles. The second kappa shape index (κ2) is 8.05. The van der Waals surface area contributed by atoms with Crippen LogP contribution in [0.3, 0.4) is 0 Å². The molecular formula is C23H23N3O2. The smallest absolute Gasteiger partial charge is 0.274 e. The van der Waals surface area contributed by atoms with E-state index in [2.05, 4.69) is 15.6 Å². The van der Waals surface area contributed by atoms with Gasteiger partial charge < -0.3 is 10.6 Å². The monoisotopic (exact) mass is 373 g/mol. The average molecular weight is 373 g/mol. The summed E-state index contributed by atoms with van der Waals surface area (Å²) in [7, 11) is 0. The first kappa shape index (κ1) is 19.3. The molecule has 1 aromatic heterocycles. The molecule has 1 heterocycles. The first-order valence-electron chi connectivity index (χ1n) is 9.07. The summed E-state index contributed by atoms with van der Waals surface area (Å²) < 4.78 is 0. The Bertz CT molecular complexity index is 1020. The maximum absolute atomic E-state index is 12.7. The minimum Gasteiger partial charge on any atom is -0.322 e. The first-order valence-corrected chi connectivity index (χ1v) is 9.07. The number of carbonyl (C=O) groups excluding carboxylic acids is 2. The SMILES string of the molecule is Cc1ccc(NC(=O)c2ccnc(C(=O)Nc3c(C)cc(C)cc3C)c2)cc1. The molecule has 0 atom stereocenters. The average Bonchev–Trinajstić information content (AvgIpc) is 2.66. The predicted octanol–water partition coefficient (Wildman–Crippen LogP) is 4.82. The number of rotatable bonds is 4. The van der Waals surface area contributed by atoms with Crippen LogP contribution in [0, 0.1) is 27.7 Å². The van der Waals surface area contributed by atoms with Crippen molar-refractivity contribution in [2.75, 3.05) is 10.6 Å². The summed E-state index contributed by atoms with van der Waals surface area (Å²) in [6, 6.07) is 14.6. The van der Waals surface area contributed by atoms with Gasteiger partial charge in [0, 0.05) is 23.1 Å². The van der Waals surface area contributed by atoms with Crippen molar-refractivity contribution in [3.05, 3.63) is 88.2 Å². The minimum absolute atomic E-state index is 0.191. The Labute approximate surface area is 164 Å².